The number of anilines is 1. The van der Waals surface area contributed by atoms with Crippen LogP contribution >= 0.6 is 11.3 Å². The summed E-state index contributed by atoms with van der Waals surface area (Å²) in [6, 6.07) is 3.21. The SMILES string of the molecule is CCCC(O)CNc1cc2nc(C)sc2cc1[N+](=O)[O-]. The van der Waals surface area contributed by atoms with Gasteiger partial charge in [-0.3, -0.25) is 10.1 Å². The minimum Gasteiger partial charge on any atom is -0.391 e. The fourth-order valence-electron chi connectivity index (χ4n) is 2.03. The highest BCUT2D eigenvalue weighted by Crippen LogP contribution is 2.32. The van der Waals surface area contributed by atoms with Crippen LogP contribution in [0, 0.1) is 17.0 Å². The van der Waals surface area contributed by atoms with Gasteiger partial charge in [-0.1, -0.05) is 13.3 Å². The van der Waals surface area contributed by atoms with E-state index in [1.54, 1.807) is 6.07 Å². The van der Waals surface area contributed by atoms with Crippen LogP contribution in [0.15, 0.2) is 12.1 Å². The van der Waals surface area contributed by atoms with Gasteiger partial charge in [0, 0.05) is 12.6 Å². The molecule has 0 aliphatic carbocycles. The van der Waals surface area contributed by atoms with Gasteiger partial charge in [-0.2, -0.15) is 0 Å². The Kier molecular flexibility index (Phi) is 4.51. The minimum absolute atomic E-state index is 0.0184. The second-order valence-electron chi connectivity index (χ2n) is 4.65. The summed E-state index contributed by atoms with van der Waals surface area (Å²) in [6.45, 7) is 4.15. The fourth-order valence-corrected chi connectivity index (χ4v) is 2.88. The molecule has 7 heteroatoms. The molecule has 1 atom stereocenters. The molecule has 1 unspecified atom stereocenters. The number of thiazole rings is 1. The van der Waals surface area contributed by atoms with Crippen LogP contribution < -0.4 is 5.32 Å². The van der Waals surface area contributed by atoms with E-state index in [2.05, 4.69) is 10.3 Å². The van der Waals surface area contributed by atoms with E-state index >= 15 is 0 Å². The smallest absolute Gasteiger partial charge is 0.293 e. The quantitative estimate of drug-likeness (QED) is 0.631. The Morgan fingerprint density at radius 3 is 2.95 bits per heavy atom. The van der Waals surface area contributed by atoms with Crippen LogP contribution in [0.1, 0.15) is 24.8 Å². The van der Waals surface area contributed by atoms with Crippen molar-refractivity contribution >= 4 is 32.9 Å². The Labute approximate surface area is 120 Å². The van der Waals surface area contributed by atoms with E-state index in [1.807, 2.05) is 13.8 Å². The second-order valence-corrected chi connectivity index (χ2v) is 5.89. The van der Waals surface area contributed by atoms with E-state index in [0.29, 0.717) is 18.7 Å². The van der Waals surface area contributed by atoms with Crippen LogP contribution in [0.3, 0.4) is 0 Å². The molecule has 0 bridgehead atoms. The number of aromatic nitrogens is 1. The number of nitro benzene ring substituents is 1. The van der Waals surface area contributed by atoms with Gasteiger partial charge >= 0.3 is 0 Å². The number of benzene rings is 1. The Morgan fingerprint density at radius 1 is 1.55 bits per heavy atom. The van der Waals surface area contributed by atoms with E-state index in [9.17, 15) is 15.2 Å². The average Bonchev–Trinajstić information content (AvgIpc) is 2.74. The zero-order chi connectivity index (χ0) is 14.7. The van der Waals surface area contributed by atoms with Crippen LogP contribution in [-0.2, 0) is 0 Å². The second kappa shape index (κ2) is 6.15. The molecule has 2 aromatic rings. The number of hydrogen-bond donors (Lipinski definition) is 2. The zero-order valence-corrected chi connectivity index (χ0v) is 12.2. The molecule has 0 amide bonds. The monoisotopic (exact) mass is 295 g/mol. The number of rotatable bonds is 6. The lowest BCUT2D eigenvalue weighted by atomic mass is 10.2. The highest BCUT2D eigenvalue weighted by atomic mass is 32.1. The summed E-state index contributed by atoms with van der Waals surface area (Å²) in [6.07, 6.45) is 1.03. The number of hydrogen-bond acceptors (Lipinski definition) is 6. The van der Waals surface area contributed by atoms with Crippen molar-refractivity contribution in [2.24, 2.45) is 0 Å². The predicted molar refractivity (Wildman–Crippen MR) is 80.4 cm³/mol. The summed E-state index contributed by atoms with van der Waals surface area (Å²) in [5.74, 6) is 0. The minimum atomic E-state index is -0.507. The molecule has 0 saturated carbocycles. The number of nitrogens with one attached hydrogen (secondary N) is 1. The van der Waals surface area contributed by atoms with Gasteiger partial charge in [0.25, 0.3) is 5.69 Å². The molecule has 1 heterocycles. The fraction of sp³-hybridized carbons (Fsp3) is 0.462. The van der Waals surface area contributed by atoms with Gasteiger partial charge in [0.15, 0.2) is 0 Å². The van der Waals surface area contributed by atoms with Crippen LogP contribution in [-0.4, -0.2) is 27.7 Å². The van der Waals surface area contributed by atoms with Gasteiger partial charge in [0.2, 0.25) is 0 Å². The van der Waals surface area contributed by atoms with E-state index in [-0.39, 0.29) is 5.69 Å². The lowest BCUT2D eigenvalue weighted by Gasteiger charge is -2.11. The maximum Gasteiger partial charge on any atom is 0.293 e. The molecule has 0 aliphatic rings. The number of nitrogens with zero attached hydrogens (tertiary/aromatic N) is 2. The largest absolute Gasteiger partial charge is 0.391 e. The van der Waals surface area contributed by atoms with Crippen molar-refractivity contribution in [1.29, 1.82) is 0 Å². The summed E-state index contributed by atoms with van der Waals surface area (Å²) in [7, 11) is 0. The normalized spacial score (nSPS) is 12.6. The lowest BCUT2D eigenvalue weighted by Crippen LogP contribution is -2.19. The first kappa shape index (κ1) is 14.7. The Morgan fingerprint density at radius 2 is 2.30 bits per heavy atom. The first-order valence-corrected chi connectivity index (χ1v) is 7.30. The molecule has 2 rings (SSSR count). The third kappa shape index (κ3) is 3.23. The van der Waals surface area contributed by atoms with E-state index in [4.69, 9.17) is 0 Å². The van der Waals surface area contributed by atoms with Gasteiger partial charge in [-0.25, -0.2) is 4.98 Å². The topological polar surface area (TPSA) is 88.3 Å². The molecule has 1 aromatic heterocycles. The van der Waals surface area contributed by atoms with Gasteiger partial charge in [-0.15, -0.1) is 11.3 Å². The van der Waals surface area contributed by atoms with E-state index < -0.39 is 11.0 Å². The molecule has 2 N–H and O–H groups in total. The van der Waals surface area contributed by atoms with Crippen molar-refractivity contribution in [3.05, 3.63) is 27.3 Å². The molecule has 0 saturated heterocycles. The number of aliphatic hydroxyl groups excluding tert-OH is 1. The molecule has 20 heavy (non-hydrogen) atoms. The van der Waals surface area contributed by atoms with E-state index in [0.717, 1.165) is 21.6 Å². The third-order valence-corrected chi connectivity index (χ3v) is 3.89. The number of fused-ring (bicyclic) bond motifs is 1. The summed E-state index contributed by atoms with van der Waals surface area (Å²) >= 11 is 1.43. The first-order chi connectivity index (χ1) is 9.51. The van der Waals surface area contributed by atoms with Gasteiger partial charge < -0.3 is 10.4 Å². The standard InChI is InChI=1S/C13H17N3O3S/c1-3-4-9(17)7-14-10-5-11-13(20-8(2)15-11)6-12(10)16(18)19/h5-6,9,14,17H,3-4,7H2,1-2H3. The van der Waals surface area contributed by atoms with Crippen molar-refractivity contribution in [3.63, 3.8) is 0 Å². The van der Waals surface area contributed by atoms with E-state index in [1.165, 1.54) is 17.4 Å². The molecule has 0 aliphatic heterocycles. The number of nitro groups is 1. The lowest BCUT2D eigenvalue weighted by molar-refractivity contribution is -0.383. The van der Waals surface area contributed by atoms with Crippen molar-refractivity contribution in [2.45, 2.75) is 32.8 Å². The summed E-state index contributed by atoms with van der Waals surface area (Å²) in [5, 5.41) is 24.7. The first-order valence-electron chi connectivity index (χ1n) is 6.48. The van der Waals surface area contributed by atoms with Gasteiger partial charge in [0.1, 0.15) is 5.69 Å². The Balaban J connectivity index is 2.29. The van der Waals surface area contributed by atoms with Gasteiger partial charge in [-0.05, 0) is 19.4 Å². The highest BCUT2D eigenvalue weighted by molar-refractivity contribution is 7.18. The van der Waals surface area contributed by atoms with Gasteiger partial charge in [0.05, 0.1) is 26.3 Å². The summed E-state index contributed by atoms with van der Waals surface area (Å²) in [5.41, 5.74) is 1.17. The molecular formula is C13H17N3O3S. The van der Waals surface area contributed by atoms with Crippen molar-refractivity contribution in [2.75, 3.05) is 11.9 Å². The highest BCUT2D eigenvalue weighted by Gasteiger charge is 2.17. The predicted octanol–water partition coefficient (Wildman–Crippen LogP) is 3.09. The molecule has 0 radical (unpaired) electrons. The molecule has 108 valence electrons. The molecule has 0 spiro atoms. The van der Waals surface area contributed by atoms with Crippen LogP contribution in [0.4, 0.5) is 11.4 Å². The number of aliphatic hydroxyl groups is 1. The third-order valence-electron chi connectivity index (χ3n) is 2.96. The summed E-state index contributed by atoms with van der Waals surface area (Å²) in [4.78, 5) is 15.0. The number of aryl methyl sites for hydroxylation is 1. The summed E-state index contributed by atoms with van der Waals surface area (Å²) < 4.78 is 0.800. The maximum absolute atomic E-state index is 11.1. The van der Waals surface area contributed by atoms with Crippen LogP contribution in [0.25, 0.3) is 10.2 Å². The molecule has 1 aromatic carbocycles. The maximum atomic E-state index is 11.1. The molecule has 0 fully saturated rings. The van der Waals surface area contributed by atoms with Crippen molar-refractivity contribution in [1.82, 2.24) is 4.98 Å². The van der Waals surface area contributed by atoms with Crippen LogP contribution in [0.5, 0.6) is 0 Å². The van der Waals surface area contributed by atoms with Crippen molar-refractivity contribution in [3.8, 4) is 0 Å². The van der Waals surface area contributed by atoms with Crippen LogP contribution in [0.2, 0.25) is 0 Å². The Hall–Kier alpha value is -1.73. The van der Waals surface area contributed by atoms with Crippen molar-refractivity contribution < 1.29 is 10.0 Å². The Bertz CT molecular complexity index is 627. The zero-order valence-electron chi connectivity index (χ0n) is 11.4. The molecular weight excluding hydrogens is 278 g/mol. The molecule has 6 nitrogen and oxygen atoms in total. The average molecular weight is 295 g/mol.